The van der Waals surface area contributed by atoms with Crippen LogP contribution < -0.4 is 0 Å². The van der Waals surface area contributed by atoms with Crippen LogP contribution in [0.25, 0.3) is 0 Å². The maximum atomic E-state index is 13.5. The fraction of sp³-hybridized carbons (Fsp3) is 0.500. The second-order valence-electron chi connectivity index (χ2n) is 12.4. The smallest absolute Gasteiger partial charge is 0.329 e. The van der Waals surface area contributed by atoms with Gasteiger partial charge >= 0.3 is 5.97 Å². The lowest BCUT2D eigenvalue weighted by molar-refractivity contribution is -0.159. The van der Waals surface area contributed by atoms with Gasteiger partial charge in [0.2, 0.25) is 23.6 Å². The average molecular weight is 591 g/mol. The minimum absolute atomic E-state index is 0.0129. The summed E-state index contributed by atoms with van der Waals surface area (Å²) in [6.45, 7) is -0.315. The molecule has 9 nitrogen and oxygen atoms in total. The van der Waals surface area contributed by atoms with Crippen molar-refractivity contribution < 1.29 is 33.5 Å². The van der Waals surface area contributed by atoms with E-state index in [1.165, 1.54) is 17.0 Å². The molecule has 4 fully saturated rings. The number of carbonyl (C=O) groups is 6. The van der Waals surface area contributed by atoms with Crippen LogP contribution in [0.5, 0.6) is 0 Å². The number of imide groups is 2. The van der Waals surface area contributed by atoms with Gasteiger partial charge in [-0.2, -0.15) is 0 Å². The van der Waals surface area contributed by atoms with Gasteiger partial charge in [-0.05, 0) is 80.0 Å². The quantitative estimate of drug-likeness (QED) is 0.135. The average Bonchev–Trinajstić information content (AvgIpc) is 3.83. The molecule has 1 aromatic rings. The fourth-order valence-corrected chi connectivity index (χ4v) is 8.45. The van der Waals surface area contributed by atoms with Crippen molar-refractivity contribution in [2.75, 3.05) is 13.2 Å². The largest absolute Gasteiger partial charge is 0.456 e. The Morgan fingerprint density at radius 3 is 1.79 bits per heavy atom. The number of ketones is 1. The van der Waals surface area contributed by atoms with Crippen molar-refractivity contribution in [3.05, 3.63) is 59.2 Å². The zero-order chi connectivity index (χ0) is 29.3. The summed E-state index contributed by atoms with van der Waals surface area (Å²) in [5.74, 6) is -3.47. The van der Waals surface area contributed by atoms with Crippen molar-refractivity contribution >= 4 is 47.0 Å². The van der Waals surface area contributed by atoms with Gasteiger partial charge in [0.25, 0.3) is 0 Å². The number of esters is 1. The van der Waals surface area contributed by atoms with E-state index < -0.39 is 36.2 Å². The number of hydrogen-bond acceptors (Lipinski definition) is 7. The third-order valence-corrected chi connectivity index (χ3v) is 10.5. The molecule has 218 valence electrons. The maximum Gasteiger partial charge on any atom is 0.329 e. The predicted octanol–water partition coefficient (Wildman–Crippen LogP) is 3.22. The summed E-state index contributed by atoms with van der Waals surface area (Å²) in [6.07, 6.45) is 10.6. The molecule has 0 spiro atoms. The zero-order valence-corrected chi connectivity index (χ0v) is 23.7. The highest BCUT2D eigenvalue weighted by Crippen LogP contribution is 2.54. The summed E-state index contributed by atoms with van der Waals surface area (Å²) >= 11 is 5.89. The summed E-state index contributed by atoms with van der Waals surface area (Å²) in [4.78, 5) is 81.5. The lowest BCUT2D eigenvalue weighted by Gasteiger charge is -2.26. The summed E-state index contributed by atoms with van der Waals surface area (Å²) in [5, 5.41) is 0.466. The Kier molecular flexibility index (Phi) is 6.68. The van der Waals surface area contributed by atoms with Crippen molar-refractivity contribution in [1.82, 2.24) is 9.80 Å². The van der Waals surface area contributed by atoms with E-state index in [0.29, 0.717) is 23.4 Å². The number of halogens is 1. The van der Waals surface area contributed by atoms with Crippen LogP contribution in [0.1, 0.15) is 42.5 Å². The van der Waals surface area contributed by atoms with E-state index in [-0.39, 0.29) is 72.1 Å². The molecule has 0 unspecified atom stereocenters. The Morgan fingerprint density at radius 1 is 0.762 bits per heavy atom. The van der Waals surface area contributed by atoms with E-state index >= 15 is 0 Å². The molecule has 1 aromatic carbocycles. The van der Waals surface area contributed by atoms with Gasteiger partial charge in [-0.3, -0.25) is 33.8 Å². The molecule has 0 aromatic heterocycles. The minimum Gasteiger partial charge on any atom is -0.456 e. The fourth-order valence-electron chi connectivity index (χ4n) is 8.33. The minimum atomic E-state index is -1.18. The third kappa shape index (κ3) is 4.19. The SMILES string of the molecule is O=C(COC(=O)[C@H](CCCCN1C(=O)[C@@H]2[C@@H](C1=O)[C@H]1C=C[C@H]2C1)N1C(=O)[C@@H]2[C@H](C1=O)[C@H]1C=C[C@H]2C1)c1ccc(Cl)cc1. The van der Waals surface area contributed by atoms with Crippen molar-refractivity contribution in [3.63, 3.8) is 0 Å². The molecule has 2 heterocycles. The first-order valence-electron chi connectivity index (χ1n) is 14.8. The van der Waals surface area contributed by atoms with Crippen LogP contribution in [-0.4, -0.2) is 64.4 Å². The van der Waals surface area contributed by atoms with Gasteiger partial charge in [0, 0.05) is 17.1 Å². The molecule has 9 atom stereocenters. The molecule has 42 heavy (non-hydrogen) atoms. The number of amides is 4. The number of Topliss-reactive ketones (excluding diaryl/α,β-unsaturated/α-hetero) is 1. The maximum absolute atomic E-state index is 13.5. The number of carbonyl (C=O) groups excluding carboxylic acids is 6. The Labute approximate surface area is 247 Å². The molecule has 4 amide bonds. The highest BCUT2D eigenvalue weighted by atomic mass is 35.5. The van der Waals surface area contributed by atoms with E-state index in [1.807, 2.05) is 12.2 Å². The second kappa shape index (κ2) is 10.3. The second-order valence-corrected chi connectivity index (χ2v) is 12.9. The first-order valence-corrected chi connectivity index (χ1v) is 15.2. The van der Waals surface area contributed by atoms with Crippen LogP contribution in [0.4, 0.5) is 0 Å². The molecular weight excluding hydrogens is 560 g/mol. The zero-order valence-electron chi connectivity index (χ0n) is 22.9. The van der Waals surface area contributed by atoms with Crippen LogP contribution in [0.15, 0.2) is 48.6 Å². The lowest BCUT2D eigenvalue weighted by atomic mass is 9.85. The summed E-state index contributed by atoms with van der Waals surface area (Å²) < 4.78 is 5.39. The van der Waals surface area contributed by atoms with E-state index in [1.54, 1.807) is 12.1 Å². The molecule has 2 aliphatic heterocycles. The van der Waals surface area contributed by atoms with Crippen LogP contribution in [-0.2, 0) is 28.7 Å². The van der Waals surface area contributed by atoms with Crippen molar-refractivity contribution in [1.29, 1.82) is 0 Å². The van der Waals surface area contributed by atoms with E-state index in [4.69, 9.17) is 16.3 Å². The Bertz CT molecular complexity index is 1390. The first-order chi connectivity index (χ1) is 20.2. The number of hydrogen-bond donors (Lipinski definition) is 0. The predicted molar refractivity (Wildman–Crippen MR) is 148 cm³/mol. The Morgan fingerprint density at radius 2 is 1.26 bits per heavy atom. The van der Waals surface area contributed by atoms with E-state index in [0.717, 1.165) is 17.7 Å². The van der Waals surface area contributed by atoms with Gasteiger partial charge in [-0.25, -0.2) is 4.79 Å². The number of fused-ring (bicyclic) bond motifs is 10. The van der Waals surface area contributed by atoms with Crippen LogP contribution in [0.2, 0.25) is 5.02 Å². The molecular formula is C32H31ClN2O7. The Balaban J connectivity index is 1.02. The molecule has 0 N–H and O–H groups in total. The molecule has 7 rings (SSSR count). The van der Waals surface area contributed by atoms with Gasteiger partial charge in [-0.1, -0.05) is 35.9 Å². The summed E-state index contributed by atoms with van der Waals surface area (Å²) in [7, 11) is 0. The van der Waals surface area contributed by atoms with Crippen LogP contribution in [0.3, 0.4) is 0 Å². The number of unbranched alkanes of at least 4 members (excludes halogenated alkanes) is 1. The normalized spacial score (nSPS) is 34.1. The number of nitrogens with zero attached hydrogens (tertiary/aromatic N) is 2. The number of likely N-dealkylation sites (tertiary alicyclic amines) is 2. The van der Waals surface area contributed by atoms with Gasteiger partial charge < -0.3 is 4.74 Å². The van der Waals surface area contributed by atoms with E-state index in [9.17, 15) is 28.8 Å². The molecule has 0 radical (unpaired) electrons. The molecule has 2 saturated carbocycles. The van der Waals surface area contributed by atoms with Crippen molar-refractivity contribution in [2.24, 2.45) is 47.3 Å². The highest BCUT2D eigenvalue weighted by Gasteiger charge is 2.61. The summed E-state index contributed by atoms with van der Waals surface area (Å²) in [6, 6.07) is 5.00. The van der Waals surface area contributed by atoms with Crippen molar-refractivity contribution in [3.8, 4) is 0 Å². The van der Waals surface area contributed by atoms with Crippen LogP contribution >= 0.6 is 11.6 Å². The standard InChI is InChI=1S/C32H31ClN2O7/c33-21-10-8-16(9-11-21)23(36)15-42-32(41)22(35-30(39)26-19-6-7-20(14-19)27(26)31(35)40)3-1-2-12-34-28(37)24-17-4-5-18(13-17)25(24)29(34)38/h4-11,17-20,22,24-27H,1-3,12-15H2/t17-,18-,19-,20-,22-,24-,25-,26-,27+/m0/s1. The lowest BCUT2D eigenvalue weighted by Crippen LogP contribution is -2.47. The Hall–Kier alpha value is -3.59. The number of allylic oxidation sites excluding steroid dienone is 4. The van der Waals surface area contributed by atoms with Gasteiger partial charge in [0.15, 0.2) is 12.4 Å². The summed E-state index contributed by atoms with van der Waals surface area (Å²) in [5.41, 5.74) is 0.322. The number of ether oxygens (including phenoxy) is 1. The highest BCUT2D eigenvalue weighted by molar-refractivity contribution is 6.30. The van der Waals surface area contributed by atoms with Crippen LogP contribution in [0, 0.1) is 47.3 Å². The topological polar surface area (TPSA) is 118 Å². The van der Waals surface area contributed by atoms with Crippen molar-refractivity contribution in [2.45, 2.75) is 38.1 Å². The third-order valence-electron chi connectivity index (χ3n) is 10.3. The number of benzene rings is 1. The molecule has 4 bridgehead atoms. The monoisotopic (exact) mass is 590 g/mol. The van der Waals surface area contributed by atoms with Gasteiger partial charge in [0.05, 0.1) is 23.7 Å². The molecule has 4 aliphatic carbocycles. The molecule has 2 saturated heterocycles. The van der Waals surface area contributed by atoms with Gasteiger partial charge in [0.1, 0.15) is 6.04 Å². The molecule has 6 aliphatic rings. The number of rotatable bonds is 10. The van der Waals surface area contributed by atoms with E-state index in [2.05, 4.69) is 12.2 Å². The van der Waals surface area contributed by atoms with Gasteiger partial charge in [-0.15, -0.1) is 0 Å². The molecule has 10 heteroatoms. The first kappa shape index (κ1) is 27.3.